The maximum atomic E-state index is 11.5. The van der Waals surface area contributed by atoms with Crippen LogP contribution in [0.15, 0.2) is 0 Å². The van der Waals surface area contributed by atoms with Crippen LogP contribution < -0.4 is 29.6 Å². The van der Waals surface area contributed by atoms with Gasteiger partial charge in [0.05, 0.1) is 6.10 Å². The van der Waals surface area contributed by atoms with Crippen LogP contribution in [0.2, 0.25) is 0 Å². The second-order valence-electron chi connectivity index (χ2n) is 4.70. The van der Waals surface area contributed by atoms with Crippen molar-refractivity contribution in [2.75, 3.05) is 13.1 Å². The van der Waals surface area contributed by atoms with Crippen LogP contribution in [-0.4, -0.2) is 40.9 Å². The number of aliphatic hydroxyl groups excluding tert-OH is 1. The van der Waals surface area contributed by atoms with E-state index in [1.165, 1.54) is 0 Å². The molecule has 0 unspecified atom stereocenters. The fourth-order valence-electron chi connectivity index (χ4n) is 1.37. The molecule has 0 saturated carbocycles. The molecule has 1 N–H and O–H groups in total. The molecule has 0 spiro atoms. The molecule has 0 aromatic rings. The number of hydrogen-bond acceptors (Lipinski definition) is 3. The van der Waals surface area contributed by atoms with Gasteiger partial charge >= 0.3 is 35.7 Å². The summed E-state index contributed by atoms with van der Waals surface area (Å²) < 4.78 is 5.22. The predicted octanol–water partition coefficient (Wildman–Crippen LogP) is -1.51. The topological polar surface area (TPSA) is 49.8 Å². The molecule has 1 amide bonds. The van der Waals surface area contributed by atoms with E-state index in [9.17, 15) is 9.90 Å². The number of piperidine rings is 1. The van der Waals surface area contributed by atoms with Crippen LogP contribution in [0.3, 0.4) is 0 Å². The average molecular weight is 225 g/mol. The number of rotatable bonds is 0. The summed E-state index contributed by atoms with van der Waals surface area (Å²) in [5, 5.41) is 9.26. The van der Waals surface area contributed by atoms with Gasteiger partial charge in [-0.1, -0.05) is 0 Å². The van der Waals surface area contributed by atoms with E-state index in [2.05, 4.69) is 0 Å². The second-order valence-corrected chi connectivity index (χ2v) is 4.70. The van der Waals surface area contributed by atoms with Crippen molar-refractivity contribution in [1.82, 2.24) is 4.90 Å². The first-order valence-electron chi connectivity index (χ1n) is 5.04. The molecule has 84 valence electrons. The van der Waals surface area contributed by atoms with E-state index in [1.54, 1.807) is 4.90 Å². The van der Waals surface area contributed by atoms with Gasteiger partial charge in [-0.05, 0) is 33.6 Å². The van der Waals surface area contributed by atoms with Crippen molar-refractivity contribution >= 4 is 6.09 Å². The quantitative estimate of drug-likeness (QED) is 0.510. The van der Waals surface area contributed by atoms with Crippen LogP contribution in [0.5, 0.6) is 0 Å². The number of likely N-dealkylation sites (tertiary alicyclic amines) is 1. The number of carbonyl (C=O) groups is 1. The fraction of sp³-hybridized carbons (Fsp3) is 0.900. The summed E-state index contributed by atoms with van der Waals surface area (Å²) in [5.41, 5.74) is -0.437. The number of nitrogens with zero attached hydrogens (tertiary/aromatic N) is 1. The number of hydrogen-bond donors (Lipinski definition) is 1. The van der Waals surface area contributed by atoms with E-state index in [1.807, 2.05) is 20.8 Å². The minimum atomic E-state index is -0.437. The molecule has 1 saturated heterocycles. The first-order valence-corrected chi connectivity index (χ1v) is 5.04. The molecule has 15 heavy (non-hydrogen) atoms. The Hall–Kier alpha value is 0.230. The van der Waals surface area contributed by atoms with Crippen LogP contribution in [0.1, 0.15) is 35.0 Å². The van der Waals surface area contributed by atoms with Crippen molar-refractivity contribution in [3.05, 3.63) is 0 Å². The molecule has 0 aromatic carbocycles. The first-order chi connectivity index (χ1) is 6.38. The van der Waals surface area contributed by atoms with E-state index >= 15 is 0 Å². The molecule has 1 aliphatic rings. The number of aliphatic hydroxyl groups is 1. The van der Waals surface area contributed by atoms with Crippen molar-refractivity contribution in [3.8, 4) is 0 Å². The number of carbonyl (C=O) groups excluding carboxylic acids is 1. The van der Waals surface area contributed by atoms with Crippen molar-refractivity contribution in [2.24, 2.45) is 0 Å². The van der Waals surface area contributed by atoms with E-state index < -0.39 is 5.60 Å². The van der Waals surface area contributed by atoms with Crippen molar-refractivity contribution in [2.45, 2.75) is 45.3 Å². The Morgan fingerprint density at radius 1 is 1.40 bits per heavy atom. The van der Waals surface area contributed by atoms with Crippen LogP contribution in [-0.2, 0) is 4.74 Å². The predicted molar refractivity (Wildman–Crippen MR) is 54.2 cm³/mol. The smallest absolute Gasteiger partial charge is 1.00 e. The van der Waals surface area contributed by atoms with Crippen LogP contribution >= 0.6 is 0 Å². The molecule has 5 heteroatoms. The van der Waals surface area contributed by atoms with Crippen LogP contribution in [0.4, 0.5) is 4.79 Å². The van der Waals surface area contributed by atoms with Gasteiger partial charge in [0.2, 0.25) is 0 Å². The maximum Gasteiger partial charge on any atom is 1.00 e. The third-order valence-electron chi connectivity index (χ3n) is 2.12. The molecular formula is C10H20NNaO3. The summed E-state index contributed by atoms with van der Waals surface area (Å²) in [6.07, 6.45) is 0.775. The summed E-state index contributed by atoms with van der Waals surface area (Å²) in [7, 11) is 0. The molecule has 1 aliphatic heterocycles. The van der Waals surface area contributed by atoms with Crippen LogP contribution in [0.25, 0.3) is 0 Å². The normalized spacial score (nSPS) is 18.3. The molecular weight excluding hydrogens is 205 g/mol. The Kier molecular flexibility index (Phi) is 6.18. The molecule has 4 nitrogen and oxygen atoms in total. The van der Waals surface area contributed by atoms with Crippen molar-refractivity contribution < 1.29 is 45.6 Å². The third-order valence-corrected chi connectivity index (χ3v) is 2.12. The monoisotopic (exact) mass is 225 g/mol. The summed E-state index contributed by atoms with van der Waals surface area (Å²) in [6.45, 7) is 6.74. The zero-order valence-corrected chi connectivity index (χ0v) is 12.1. The zero-order valence-electron chi connectivity index (χ0n) is 11.1. The Morgan fingerprint density at radius 2 is 1.87 bits per heavy atom. The van der Waals surface area contributed by atoms with Gasteiger partial charge in [-0.25, -0.2) is 4.79 Å². The molecule has 0 aromatic heterocycles. The molecule has 1 rings (SSSR count). The summed E-state index contributed by atoms with van der Waals surface area (Å²) in [5.74, 6) is 0. The number of ether oxygens (including phenoxy) is 1. The summed E-state index contributed by atoms with van der Waals surface area (Å²) in [6, 6.07) is 0. The minimum Gasteiger partial charge on any atom is -1.00 e. The Balaban J connectivity index is 0. The van der Waals surface area contributed by atoms with Crippen molar-refractivity contribution in [3.63, 3.8) is 0 Å². The molecule has 0 radical (unpaired) electrons. The minimum absolute atomic E-state index is 0. The summed E-state index contributed by atoms with van der Waals surface area (Å²) in [4.78, 5) is 13.2. The molecule has 0 aliphatic carbocycles. The molecule has 1 fully saturated rings. The zero-order chi connectivity index (χ0) is 10.8. The molecule has 1 heterocycles. The fourth-order valence-corrected chi connectivity index (χ4v) is 1.37. The van der Waals surface area contributed by atoms with Gasteiger partial charge in [-0.15, -0.1) is 0 Å². The Bertz CT molecular complexity index is 213. The number of amides is 1. The van der Waals surface area contributed by atoms with E-state index in [4.69, 9.17) is 4.74 Å². The second kappa shape index (κ2) is 6.09. The van der Waals surface area contributed by atoms with E-state index in [-0.39, 0.29) is 43.2 Å². The Morgan fingerprint density at radius 3 is 2.27 bits per heavy atom. The van der Waals surface area contributed by atoms with Gasteiger partial charge in [0.25, 0.3) is 0 Å². The maximum absolute atomic E-state index is 11.5. The van der Waals surface area contributed by atoms with Gasteiger partial charge in [-0.3, -0.25) is 0 Å². The van der Waals surface area contributed by atoms with Crippen LogP contribution in [0, 0.1) is 0 Å². The largest absolute Gasteiger partial charge is 1.00 e. The van der Waals surface area contributed by atoms with Crippen molar-refractivity contribution in [1.29, 1.82) is 0 Å². The standard InChI is InChI=1S/C10H19NO3.Na.H/c1-10(2,3)14-9(13)11-6-4-8(12)5-7-11;;/h8,12H,4-7H2,1-3H3;;/q;+1;-1. The van der Waals surface area contributed by atoms with Gasteiger partial charge in [0.15, 0.2) is 0 Å². The van der Waals surface area contributed by atoms with Gasteiger partial charge in [0, 0.05) is 13.1 Å². The van der Waals surface area contributed by atoms with E-state index in [0.29, 0.717) is 25.9 Å². The molecule has 0 atom stereocenters. The third kappa shape index (κ3) is 5.76. The average Bonchev–Trinajstić information content (AvgIpc) is 2.02. The van der Waals surface area contributed by atoms with Gasteiger partial charge < -0.3 is 16.2 Å². The van der Waals surface area contributed by atoms with Gasteiger partial charge in [-0.2, -0.15) is 0 Å². The first kappa shape index (κ1) is 15.2. The van der Waals surface area contributed by atoms with E-state index in [0.717, 1.165) is 0 Å². The SMILES string of the molecule is CC(C)(C)OC(=O)N1CCC(O)CC1.[H-].[Na+]. The van der Waals surface area contributed by atoms with Gasteiger partial charge in [0.1, 0.15) is 5.60 Å². The summed E-state index contributed by atoms with van der Waals surface area (Å²) >= 11 is 0. The Labute approximate surface area is 115 Å². The molecule has 0 bridgehead atoms.